The molecule has 0 atom stereocenters. The molecule has 1 aromatic heterocycles. The number of aliphatic imine (C=N–C) groups is 1. The maximum absolute atomic E-state index is 13.3. The average molecular weight is 346 g/mol. The summed E-state index contributed by atoms with van der Waals surface area (Å²) in [6, 6.07) is 9.97. The van der Waals surface area contributed by atoms with Gasteiger partial charge >= 0.3 is 0 Å². The van der Waals surface area contributed by atoms with Crippen LogP contribution in [0.4, 0.5) is 4.39 Å². The molecule has 0 spiro atoms. The van der Waals surface area contributed by atoms with Gasteiger partial charge in [0.1, 0.15) is 18.1 Å². The van der Waals surface area contributed by atoms with Gasteiger partial charge in [0.25, 0.3) is 0 Å². The summed E-state index contributed by atoms with van der Waals surface area (Å²) in [5, 5.41) is 5.87. The van der Waals surface area contributed by atoms with E-state index in [-0.39, 0.29) is 18.3 Å². The number of nitrogens with one attached hydrogen (secondary N) is 2. The van der Waals surface area contributed by atoms with Crippen molar-refractivity contribution in [3.05, 3.63) is 59.8 Å². The van der Waals surface area contributed by atoms with Crippen molar-refractivity contribution in [1.82, 2.24) is 15.5 Å². The zero-order valence-electron chi connectivity index (χ0n) is 14.5. The first kappa shape index (κ1) is 18.5. The summed E-state index contributed by atoms with van der Waals surface area (Å²) >= 11 is 0. The Labute approximate surface area is 146 Å². The summed E-state index contributed by atoms with van der Waals surface area (Å²) < 4.78 is 18.5. The molecule has 0 fully saturated rings. The molecule has 0 aliphatic carbocycles. The molecule has 1 amide bonds. The van der Waals surface area contributed by atoms with Gasteiger partial charge in [-0.05, 0) is 36.8 Å². The lowest BCUT2D eigenvalue weighted by molar-refractivity contribution is -0.119. The standard InChI is InChI=1S/C18H23FN4O2/c1-3-20-18(23(2)13-14-6-4-7-15(19)10-14)22-12-17(24)21-11-16-8-5-9-25-16/h4-10H,3,11-13H2,1-2H3,(H,20,22)(H,21,24). The minimum Gasteiger partial charge on any atom is -0.467 e. The maximum Gasteiger partial charge on any atom is 0.242 e. The predicted octanol–water partition coefficient (Wildman–Crippen LogP) is 2.13. The van der Waals surface area contributed by atoms with E-state index in [2.05, 4.69) is 15.6 Å². The number of carbonyl (C=O) groups excluding carboxylic acids is 1. The third-order valence-electron chi connectivity index (χ3n) is 3.42. The highest BCUT2D eigenvalue weighted by molar-refractivity contribution is 5.84. The lowest BCUT2D eigenvalue weighted by Gasteiger charge is -2.22. The van der Waals surface area contributed by atoms with Crippen molar-refractivity contribution in [2.45, 2.75) is 20.0 Å². The minimum absolute atomic E-state index is 0.00344. The Morgan fingerprint density at radius 3 is 2.80 bits per heavy atom. The number of guanidine groups is 1. The number of amides is 1. The maximum atomic E-state index is 13.3. The molecule has 0 aliphatic heterocycles. The number of carbonyl (C=O) groups is 1. The molecule has 0 radical (unpaired) electrons. The SMILES string of the molecule is CCNC(=NCC(=O)NCc1ccco1)N(C)Cc1cccc(F)c1. The van der Waals surface area contributed by atoms with E-state index in [1.54, 1.807) is 24.5 Å². The Morgan fingerprint density at radius 2 is 2.12 bits per heavy atom. The summed E-state index contributed by atoms with van der Waals surface area (Å²) in [7, 11) is 1.84. The highest BCUT2D eigenvalue weighted by atomic mass is 19.1. The summed E-state index contributed by atoms with van der Waals surface area (Å²) in [4.78, 5) is 18.1. The molecule has 2 aromatic rings. The van der Waals surface area contributed by atoms with Crippen molar-refractivity contribution >= 4 is 11.9 Å². The molecule has 134 valence electrons. The van der Waals surface area contributed by atoms with Gasteiger partial charge in [0.05, 0.1) is 12.8 Å². The predicted molar refractivity (Wildman–Crippen MR) is 94.4 cm³/mol. The first-order valence-electron chi connectivity index (χ1n) is 8.11. The molecule has 1 aromatic carbocycles. The third kappa shape index (κ3) is 6.29. The van der Waals surface area contributed by atoms with Gasteiger partial charge < -0.3 is 20.0 Å². The minimum atomic E-state index is -0.273. The van der Waals surface area contributed by atoms with Crippen LogP contribution >= 0.6 is 0 Å². The van der Waals surface area contributed by atoms with Gasteiger partial charge in [-0.15, -0.1) is 0 Å². The quantitative estimate of drug-likeness (QED) is 0.595. The molecular formula is C18H23FN4O2. The summed E-state index contributed by atoms with van der Waals surface area (Å²) in [6.45, 7) is 3.42. The van der Waals surface area contributed by atoms with Gasteiger partial charge in [0.2, 0.25) is 5.91 Å². The Hall–Kier alpha value is -2.83. The molecule has 25 heavy (non-hydrogen) atoms. The average Bonchev–Trinajstić information content (AvgIpc) is 3.10. The van der Waals surface area contributed by atoms with E-state index in [0.717, 1.165) is 5.56 Å². The number of hydrogen-bond acceptors (Lipinski definition) is 3. The second-order valence-electron chi connectivity index (χ2n) is 5.51. The van der Waals surface area contributed by atoms with Crippen LogP contribution < -0.4 is 10.6 Å². The molecule has 2 N–H and O–H groups in total. The molecule has 0 saturated carbocycles. The number of nitrogens with zero attached hydrogens (tertiary/aromatic N) is 2. The second-order valence-corrected chi connectivity index (χ2v) is 5.51. The van der Waals surface area contributed by atoms with Gasteiger partial charge in [0.15, 0.2) is 5.96 Å². The van der Waals surface area contributed by atoms with E-state index < -0.39 is 0 Å². The van der Waals surface area contributed by atoms with Crippen molar-refractivity contribution in [2.24, 2.45) is 4.99 Å². The lowest BCUT2D eigenvalue weighted by Crippen LogP contribution is -2.39. The first-order chi connectivity index (χ1) is 12.1. The number of furan rings is 1. The van der Waals surface area contributed by atoms with Crippen LogP contribution in [0.15, 0.2) is 52.1 Å². The Bertz CT molecular complexity index is 701. The van der Waals surface area contributed by atoms with Gasteiger partial charge in [-0.1, -0.05) is 12.1 Å². The van der Waals surface area contributed by atoms with E-state index >= 15 is 0 Å². The molecule has 0 bridgehead atoms. The number of rotatable bonds is 7. The monoisotopic (exact) mass is 346 g/mol. The molecular weight excluding hydrogens is 323 g/mol. The van der Waals surface area contributed by atoms with E-state index in [1.807, 2.05) is 24.9 Å². The van der Waals surface area contributed by atoms with E-state index in [1.165, 1.54) is 12.1 Å². The molecule has 0 unspecified atom stereocenters. The van der Waals surface area contributed by atoms with Crippen molar-refractivity contribution in [3.63, 3.8) is 0 Å². The van der Waals surface area contributed by atoms with Crippen LogP contribution in [0, 0.1) is 5.82 Å². The largest absolute Gasteiger partial charge is 0.467 e. The highest BCUT2D eigenvalue weighted by Crippen LogP contribution is 2.06. The normalized spacial score (nSPS) is 11.2. The lowest BCUT2D eigenvalue weighted by atomic mass is 10.2. The molecule has 0 aliphatic rings. The molecule has 1 heterocycles. The van der Waals surface area contributed by atoms with Crippen molar-refractivity contribution in [2.75, 3.05) is 20.1 Å². The fourth-order valence-electron chi connectivity index (χ4n) is 2.26. The molecule has 7 heteroatoms. The number of halogens is 1. The molecule has 2 rings (SSSR count). The summed E-state index contributed by atoms with van der Waals surface area (Å²) in [5.41, 5.74) is 0.829. The first-order valence-corrected chi connectivity index (χ1v) is 8.11. The Kier molecular flexibility index (Phi) is 7.00. The van der Waals surface area contributed by atoms with Gasteiger partial charge in [-0.25, -0.2) is 9.38 Å². The Morgan fingerprint density at radius 1 is 1.28 bits per heavy atom. The summed E-state index contributed by atoms with van der Waals surface area (Å²) in [6.07, 6.45) is 1.56. The van der Waals surface area contributed by atoms with Crippen LogP contribution in [-0.4, -0.2) is 36.9 Å². The van der Waals surface area contributed by atoms with E-state index in [0.29, 0.717) is 31.4 Å². The second kappa shape index (κ2) is 9.46. The zero-order valence-corrected chi connectivity index (χ0v) is 14.5. The van der Waals surface area contributed by atoms with E-state index in [9.17, 15) is 9.18 Å². The van der Waals surface area contributed by atoms with Crippen LogP contribution in [0.2, 0.25) is 0 Å². The van der Waals surface area contributed by atoms with Gasteiger partial charge in [-0.3, -0.25) is 4.79 Å². The summed E-state index contributed by atoms with van der Waals surface area (Å²) in [5.74, 6) is 0.795. The van der Waals surface area contributed by atoms with E-state index in [4.69, 9.17) is 4.42 Å². The van der Waals surface area contributed by atoms with Gasteiger partial charge in [-0.2, -0.15) is 0 Å². The van der Waals surface area contributed by atoms with Crippen molar-refractivity contribution < 1.29 is 13.6 Å². The fourth-order valence-corrected chi connectivity index (χ4v) is 2.26. The van der Waals surface area contributed by atoms with Crippen LogP contribution in [0.1, 0.15) is 18.2 Å². The molecule has 0 saturated heterocycles. The van der Waals surface area contributed by atoms with Crippen LogP contribution in [-0.2, 0) is 17.9 Å². The van der Waals surface area contributed by atoms with Gasteiger partial charge in [0, 0.05) is 20.1 Å². The van der Waals surface area contributed by atoms with Crippen LogP contribution in [0.25, 0.3) is 0 Å². The van der Waals surface area contributed by atoms with Crippen molar-refractivity contribution in [1.29, 1.82) is 0 Å². The van der Waals surface area contributed by atoms with Crippen LogP contribution in [0.3, 0.4) is 0 Å². The number of hydrogen-bond donors (Lipinski definition) is 2. The Balaban J connectivity index is 1.90. The zero-order chi connectivity index (χ0) is 18.1. The third-order valence-corrected chi connectivity index (χ3v) is 3.42. The van der Waals surface area contributed by atoms with Crippen molar-refractivity contribution in [3.8, 4) is 0 Å². The smallest absolute Gasteiger partial charge is 0.242 e. The van der Waals surface area contributed by atoms with Crippen LogP contribution in [0.5, 0.6) is 0 Å². The number of benzene rings is 1. The molecule has 6 nitrogen and oxygen atoms in total. The highest BCUT2D eigenvalue weighted by Gasteiger charge is 2.09. The topological polar surface area (TPSA) is 69.9 Å². The fraction of sp³-hybridized carbons (Fsp3) is 0.333.